The summed E-state index contributed by atoms with van der Waals surface area (Å²) in [7, 11) is -1.34. The number of aromatic carboxylic acids is 1. The van der Waals surface area contributed by atoms with Crippen molar-refractivity contribution in [2.45, 2.75) is 12.4 Å². The summed E-state index contributed by atoms with van der Waals surface area (Å²) in [6, 6.07) is 4.71. The van der Waals surface area contributed by atoms with Gasteiger partial charge < -0.3 is 30.7 Å². The van der Waals surface area contributed by atoms with E-state index in [0.29, 0.717) is 31.7 Å². The van der Waals surface area contributed by atoms with Crippen molar-refractivity contribution in [2.75, 3.05) is 39.3 Å². The van der Waals surface area contributed by atoms with Gasteiger partial charge in [-0.3, -0.25) is 14.5 Å². The van der Waals surface area contributed by atoms with Gasteiger partial charge in [-0.1, -0.05) is 12.1 Å². The number of nitrogens with zero attached hydrogens (tertiary/aromatic N) is 2. The van der Waals surface area contributed by atoms with Gasteiger partial charge in [0.05, 0.1) is 24.6 Å². The molecular weight excluding hydrogens is 367 g/mol. The number of fused-ring (bicyclic) bond motifs is 1. The van der Waals surface area contributed by atoms with E-state index in [1.807, 2.05) is 4.90 Å². The van der Waals surface area contributed by atoms with Gasteiger partial charge in [0.2, 0.25) is 11.8 Å². The molecule has 28 heavy (non-hydrogen) atoms. The van der Waals surface area contributed by atoms with Crippen LogP contribution in [-0.4, -0.2) is 90.0 Å². The van der Waals surface area contributed by atoms with Crippen LogP contribution < -0.4 is 15.7 Å². The molecule has 2 aliphatic heterocycles. The van der Waals surface area contributed by atoms with Crippen LogP contribution in [0.3, 0.4) is 0 Å². The number of hydrogen-bond donors (Lipinski definition) is 4. The minimum atomic E-state index is -1.34. The fourth-order valence-corrected chi connectivity index (χ4v) is 3.46. The highest BCUT2D eigenvalue weighted by Crippen LogP contribution is 2.30. The van der Waals surface area contributed by atoms with Gasteiger partial charge in [-0.05, 0) is 18.1 Å². The van der Waals surface area contributed by atoms with Crippen molar-refractivity contribution in [3.8, 4) is 5.75 Å². The zero-order valence-electron chi connectivity index (χ0n) is 15.3. The van der Waals surface area contributed by atoms with E-state index in [9.17, 15) is 24.5 Å². The molecule has 2 heterocycles. The average Bonchev–Trinajstić information content (AvgIpc) is 2.68. The van der Waals surface area contributed by atoms with E-state index in [2.05, 4.69) is 5.32 Å². The van der Waals surface area contributed by atoms with Crippen LogP contribution in [0.15, 0.2) is 18.2 Å². The number of para-hydroxylation sites is 1. The minimum Gasteiger partial charge on any atom is -0.534 e. The first-order valence-electron chi connectivity index (χ1n) is 9.08. The molecule has 10 nitrogen and oxygen atoms in total. The van der Waals surface area contributed by atoms with E-state index in [-0.39, 0.29) is 42.6 Å². The predicted octanol–water partition coefficient (Wildman–Crippen LogP) is -2.07. The Labute approximate surface area is 162 Å². The molecule has 1 aromatic carbocycles. The highest BCUT2D eigenvalue weighted by Gasteiger charge is 2.38. The lowest BCUT2D eigenvalue weighted by Gasteiger charge is -2.34. The summed E-state index contributed by atoms with van der Waals surface area (Å²) in [4.78, 5) is 38.8. The summed E-state index contributed by atoms with van der Waals surface area (Å²) in [6.07, 6.45) is 0.266. The van der Waals surface area contributed by atoms with Crippen molar-refractivity contribution < 1.29 is 29.2 Å². The molecule has 0 radical (unpaired) electrons. The van der Waals surface area contributed by atoms with Crippen LogP contribution in [0.5, 0.6) is 5.75 Å². The maximum Gasteiger partial charge on any atom is 0.547 e. The summed E-state index contributed by atoms with van der Waals surface area (Å²) in [5, 5.41) is 22.2. The van der Waals surface area contributed by atoms with Crippen LogP contribution in [0.4, 0.5) is 0 Å². The third kappa shape index (κ3) is 4.43. The van der Waals surface area contributed by atoms with Gasteiger partial charge in [-0.15, -0.1) is 0 Å². The summed E-state index contributed by atoms with van der Waals surface area (Å²) in [6.45, 7) is 2.27. The number of nitrogens with one attached hydrogen (secondary N) is 1. The summed E-state index contributed by atoms with van der Waals surface area (Å²) < 4.78 is 5.37. The van der Waals surface area contributed by atoms with Gasteiger partial charge in [0.15, 0.2) is 0 Å². The maximum atomic E-state index is 12.4. The first-order valence-corrected chi connectivity index (χ1v) is 9.08. The lowest BCUT2D eigenvalue weighted by molar-refractivity contribution is -0.131. The molecule has 1 aromatic rings. The van der Waals surface area contributed by atoms with Crippen LogP contribution >= 0.6 is 0 Å². The van der Waals surface area contributed by atoms with Crippen molar-refractivity contribution >= 4 is 24.9 Å². The number of rotatable bonds is 5. The average molecular weight is 390 g/mol. The third-order valence-corrected chi connectivity index (χ3v) is 4.96. The molecule has 1 unspecified atom stereocenters. The van der Waals surface area contributed by atoms with Gasteiger partial charge >= 0.3 is 13.1 Å². The van der Waals surface area contributed by atoms with E-state index >= 15 is 0 Å². The molecule has 3 rings (SSSR count). The number of carboxylic acids is 1. The maximum absolute atomic E-state index is 12.4. The standard InChI is InChI=1S/C17H23BN4O6/c19-9-15(24)22-6-4-21(5-7-22)10-14(23)20-13-8-11-2-1-3-12(17(25)26)16(11)28-18(13)27/h1-3,13,27H,4-10,19H2,(H,20,23)(H,25,26). The van der Waals surface area contributed by atoms with E-state index in [0.717, 1.165) is 0 Å². The van der Waals surface area contributed by atoms with Crippen molar-refractivity contribution in [1.82, 2.24) is 15.1 Å². The van der Waals surface area contributed by atoms with Crippen molar-refractivity contribution in [1.29, 1.82) is 0 Å². The lowest BCUT2D eigenvalue weighted by atomic mass is 9.72. The fourth-order valence-electron chi connectivity index (χ4n) is 3.46. The van der Waals surface area contributed by atoms with E-state index in [1.165, 1.54) is 6.07 Å². The van der Waals surface area contributed by atoms with Crippen molar-refractivity contribution in [3.05, 3.63) is 29.3 Å². The number of nitrogens with two attached hydrogens (primary N) is 1. The SMILES string of the molecule is NCC(=O)N1CCN(CC(=O)NC2Cc3cccc(C(=O)O)c3OB2O)CC1. The quantitative estimate of drug-likeness (QED) is 0.420. The molecule has 0 bridgehead atoms. The predicted molar refractivity (Wildman–Crippen MR) is 99.7 cm³/mol. The van der Waals surface area contributed by atoms with Gasteiger partial charge in [-0.25, -0.2) is 4.79 Å². The number of piperazine rings is 1. The van der Waals surface area contributed by atoms with Crippen LogP contribution in [0.25, 0.3) is 0 Å². The number of carbonyl (C=O) groups is 3. The first-order chi connectivity index (χ1) is 13.4. The number of hydrogen-bond acceptors (Lipinski definition) is 7. The van der Waals surface area contributed by atoms with Crippen LogP contribution in [0, 0.1) is 0 Å². The molecule has 11 heteroatoms. The van der Waals surface area contributed by atoms with Crippen LogP contribution in [0.1, 0.15) is 15.9 Å². The zero-order chi connectivity index (χ0) is 20.3. The molecule has 1 atom stereocenters. The Kier molecular flexibility index (Phi) is 6.17. The number of carbonyl (C=O) groups excluding carboxylic acids is 2. The molecule has 150 valence electrons. The lowest BCUT2D eigenvalue weighted by Crippen LogP contribution is -2.56. The second-order valence-electron chi connectivity index (χ2n) is 6.85. The molecule has 1 fully saturated rings. The molecule has 0 spiro atoms. The molecule has 0 aliphatic carbocycles. The monoisotopic (exact) mass is 390 g/mol. The molecule has 5 N–H and O–H groups in total. The van der Waals surface area contributed by atoms with Crippen LogP contribution in [-0.2, 0) is 16.0 Å². The Bertz CT molecular complexity index is 768. The summed E-state index contributed by atoms with van der Waals surface area (Å²) in [5.41, 5.74) is 5.95. The number of benzene rings is 1. The molecule has 2 aliphatic rings. The minimum absolute atomic E-state index is 0.0220. The number of amides is 2. The molecule has 2 amide bonds. The van der Waals surface area contributed by atoms with Crippen molar-refractivity contribution in [2.24, 2.45) is 5.73 Å². The second kappa shape index (κ2) is 8.59. The highest BCUT2D eigenvalue weighted by atomic mass is 16.5. The largest absolute Gasteiger partial charge is 0.547 e. The fraction of sp³-hybridized carbons (Fsp3) is 0.471. The summed E-state index contributed by atoms with van der Waals surface area (Å²) >= 11 is 0. The zero-order valence-corrected chi connectivity index (χ0v) is 15.3. The normalized spacial score (nSPS) is 19.6. The van der Waals surface area contributed by atoms with Gasteiger partial charge in [-0.2, -0.15) is 0 Å². The first kappa shape index (κ1) is 20.1. The van der Waals surface area contributed by atoms with Gasteiger partial charge in [0.25, 0.3) is 0 Å². The number of carboxylic acid groups (broad SMARTS) is 1. The van der Waals surface area contributed by atoms with E-state index < -0.39 is 19.0 Å². The topological polar surface area (TPSA) is 145 Å². The van der Waals surface area contributed by atoms with E-state index in [4.69, 9.17) is 10.4 Å². The van der Waals surface area contributed by atoms with Crippen molar-refractivity contribution in [3.63, 3.8) is 0 Å². The Morgan fingerprint density at radius 1 is 1.25 bits per heavy atom. The smallest absolute Gasteiger partial charge is 0.534 e. The molecular formula is C17H23BN4O6. The highest BCUT2D eigenvalue weighted by molar-refractivity contribution is 6.47. The van der Waals surface area contributed by atoms with E-state index in [1.54, 1.807) is 17.0 Å². The third-order valence-electron chi connectivity index (χ3n) is 4.96. The Morgan fingerprint density at radius 3 is 2.61 bits per heavy atom. The van der Waals surface area contributed by atoms with Gasteiger partial charge in [0, 0.05) is 26.2 Å². The Hall–Kier alpha value is -2.63. The van der Waals surface area contributed by atoms with Crippen LogP contribution in [0.2, 0.25) is 0 Å². The Balaban J connectivity index is 1.55. The van der Waals surface area contributed by atoms with Gasteiger partial charge in [0.1, 0.15) is 5.75 Å². The Morgan fingerprint density at radius 2 is 1.96 bits per heavy atom. The second-order valence-corrected chi connectivity index (χ2v) is 6.85. The summed E-state index contributed by atoms with van der Waals surface area (Å²) in [5.74, 6) is -2.06. The molecule has 1 saturated heterocycles. The molecule has 0 saturated carbocycles. The molecule has 0 aromatic heterocycles.